The summed E-state index contributed by atoms with van der Waals surface area (Å²) in [4.78, 5) is 23.5. The Bertz CT molecular complexity index is 777. The quantitative estimate of drug-likeness (QED) is 0.882. The monoisotopic (exact) mass is 332 g/mol. The highest BCUT2D eigenvalue weighted by Crippen LogP contribution is 2.26. The molecule has 7 heteroatoms. The summed E-state index contributed by atoms with van der Waals surface area (Å²) in [5, 5.41) is 4.99. The molecule has 126 valence electrons. The third kappa shape index (κ3) is 4.01. The van der Waals surface area contributed by atoms with Crippen LogP contribution in [0.5, 0.6) is 11.5 Å². The highest BCUT2D eigenvalue weighted by molar-refractivity contribution is 6.06. The second-order valence-corrected chi connectivity index (χ2v) is 4.90. The van der Waals surface area contributed by atoms with Crippen molar-refractivity contribution >= 4 is 23.2 Å². The van der Waals surface area contributed by atoms with Crippen molar-refractivity contribution in [1.29, 1.82) is 0 Å². The number of hydrogen-bond acceptors (Lipinski definition) is 4. The molecule has 0 spiro atoms. The summed E-state index contributed by atoms with van der Waals surface area (Å²) in [5.41, 5.74) is 0.619. The maximum Gasteiger partial charge on any atom is 0.259 e. The molecule has 0 atom stereocenters. The molecule has 2 rings (SSSR count). The lowest BCUT2D eigenvalue weighted by atomic mass is 10.1. The molecule has 2 N–H and O–H groups in total. The van der Waals surface area contributed by atoms with Crippen LogP contribution in [-0.2, 0) is 4.79 Å². The fraction of sp³-hybridized carbons (Fsp3) is 0.176. The lowest BCUT2D eigenvalue weighted by Crippen LogP contribution is -2.14. The van der Waals surface area contributed by atoms with E-state index in [9.17, 15) is 14.0 Å². The maximum absolute atomic E-state index is 13.6. The van der Waals surface area contributed by atoms with Crippen molar-refractivity contribution in [2.75, 3.05) is 24.9 Å². The number of methoxy groups -OCH3 is 2. The minimum atomic E-state index is -0.592. The number of carbonyl (C=O) groups excluding carboxylic acids is 2. The lowest BCUT2D eigenvalue weighted by molar-refractivity contribution is -0.114. The molecular formula is C17H17FN2O4. The first-order chi connectivity index (χ1) is 11.4. The third-order valence-corrected chi connectivity index (χ3v) is 3.19. The molecule has 2 aromatic rings. The molecule has 0 saturated carbocycles. The third-order valence-electron chi connectivity index (χ3n) is 3.19. The number of ether oxygens (including phenoxy) is 2. The Balaban J connectivity index is 2.25. The van der Waals surface area contributed by atoms with Gasteiger partial charge in [-0.1, -0.05) is 0 Å². The minimum Gasteiger partial charge on any atom is -0.497 e. The van der Waals surface area contributed by atoms with Gasteiger partial charge in [0, 0.05) is 18.7 Å². The van der Waals surface area contributed by atoms with Crippen molar-refractivity contribution in [2.45, 2.75) is 6.92 Å². The molecule has 0 radical (unpaired) electrons. The van der Waals surface area contributed by atoms with Gasteiger partial charge in [0.05, 0.1) is 25.5 Å². The van der Waals surface area contributed by atoms with Crippen LogP contribution in [0, 0.1) is 5.82 Å². The van der Waals surface area contributed by atoms with Crippen LogP contribution in [-0.4, -0.2) is 26.0 Å². The van der Waals surface area contributed by atoms with Crippen molar-refractivity contribution < 1.29 is 23.5 Å². The van der Waals surface area contributed by atoms with Gasteiger partial charge in [-0.25, -0.2) is 4.39 Å². The van der Waals surface area contributed by atoms with Gasteiger partial charge >= 0.3 is 0 Å². The van der Waals surface area contributed by atoms with E-state index >= 15 is 0 Å². The molecule has 0 saturated heterocycles. The van der Waals surface area contributed by atoms with Gasteiger partial charge in [-0.15, -0.1) is 0 Å². The molecular weight excluding hydrogens is 315 g/mol. The van der Waals surface area contributed by atoms with Crippen LogP contribution >= 0.6 is 0 Å². The topological polar surface area (TPSA) is 76.7 Å². The van der Waals surface area contributed by atoms with Gasteiger partial charge in [-0.3, -0.25) is 9.59 Å². The molecule has 0 aromatic heterocycles. The molecule has 0 aliphatic carbocycles. The SMILES string of the molecule is COc1ccc(C(=O)Nc2ccc(F)c(NC(C)=O)c2)c(OC)c1. The van der Waals surface area contributed by atoms with Gasteiger partial charge in [-0.2, -0.15) is 0 Å². The summed E-state index contributed by atoms with van der Waals surface area (Å²) >= 11 is 0. The molecule has 0 bridgehead atoms. The van der Waals surface area contributed by atoms with Crippen LogP contribution in [0.2, 0.25) is 0 Å². The maximum atomic E-state index is 13.6. The summed E-state index contributed by atoms with van der Waals surface area (Å²) in [7, 11) is 2.95. The summed E-state index contributed by atoms with van der Waals surface area (Å²) < 4.78 is 23.9. The van der Waals surface area contributed by atoms with Gasteiger partial charge in [0.2, 0.25) is 5.91 Å². The van der Waals surface area contributed by atoms with E-state index in [1.165, 1.54) is 33.3 Å². The van der Waals surface area contributed by atoms with E-state index in [-0.39, 0.29) is 5.69 Å². The Kier molecular flexibility index (Phi) is 5.36. The summed E-state index contributed by atoms with van der Waals surface area (Å²) in [5.74, 6) is -0.538. The molecule has 0 unspecified atom stereocenters. The van der Waals surface area contributed by atoms with Crippen LogP contribution in [0.25, 0.3) is 0 Å². The van der Waals surface area contributed by atoms with Crippen LogP contribution in [0.15, 0.2) is 36.4 Å². The highest BCUT2D eigenvalue weighted by Gasteiger charge is 2.14. The molecule has 0 aliphatic rings. The van der Waals surface area contributed by atoms with E-state index in [2.05, 4.69) is 10.6 Å². The first-order valence-electron chi connectivity index (χ1n) is 7.05. The smallest absolute Gasteiger partial charge is 0.259 e. The summed E-state index contributed by atoms with van der Waals surface area (Å²) in [6.45, 7) is 1.27. The molecule has 24 heavy (non-hydrogen) atoms. The first kappa shape index (κ1) is 17.3. The number of halogens is 1. The van der Waals surface area contributed by atoms with Gasteiger partial charge in [0.1, 0.15) is 17.3 Å². The average molecular weight is 332 g/mol. The van der Waals surface area contributed by atoms with Crippen molar-refractivity contribution in [2.24, 2.45) is 0 Å². The zero-order valence-corrected chi connectivity index (χ0v) is 13.5. The Labute approximate surface area is 138 Å². The van der Waals surface area contributed by atoms with E-state index in [4.69, 9.17) is 9.47 Å². The number of rotatable bonds is 5. The Morgan fingerprint density at radius 1 is 1.00 bits per heavy atom. The summed E-state index contributed by atoms with van der Waals surface area (Å²) in [6.07, 6.45) is 0. The van der Waals surface area contributed by atoms with Crippen molar-refractivity contribution in [3.8, 4) is 11.5 Å². The van der Waals surface area contributed by atoms with Crippen LogP contribution < -0.4 is 20.1 Å². The van der Waals surface area contributed by atoms with E-state index < -0.39 is 17.6 Å². The molecule has 0 fully saturated rings. The Morgan fingerprint density at radius 3 is 2.38 bits per heavy atom. The fourth-order valence-corrected chi connectivity index (χ4v) is 2.07. The molecule has 0 heterocycles. The average Bonchev–Trinajstić information content (AvgIpc) is 2.56. The van der Waals surface area contributed by atoms with E-state index in [0.717, 1.165) is 6.07 Å². The molecule has 2 aromatic carbocycles. The van der Waals surface area contributed by atoms with Crippen molar-refractivity contribution in [3.63, 3.8) is 0 Å². The lowest BCUT2D eigenvalue weighted by Gasteiger charge is -2.12. The van der Waals surface area contributed by atoms with Crippen LogP contribution in [0.3, 0.4) is 0 Å². The standard InChI is InChI=1S/C17H17FN2O4/c1-10(21)19-15-8-11(4-7-14(15)18)20-17(22)13-6-5-12(23-2)9-16(13)24-3/h4-9H,1-3H3,(H,19,21)(H,20,22). The predicted molar refractivity (Wildman–Crippen MR) is 88.2 cm³/mol. The van der Waals surface area contributed by atoms with Crippen LogP contribution in [0.1, 0.15) is 17.3 Å². The van der Waals surface area contributed by atoms with E-state index in [1.807, 2.05) is 0 Å². The molecule has 2 amide bonds. The van der Waals surface area contributed by atoms with E-state index in [1.54, 1.807) is 18.2 Å². The van der Waals surface area contributed by atoms with Gasteiger partial charge < -0.3 is 20.1 Å². The van der Waals surface area contributed by atoms with E-state index in [0.29, 0.717) is 22.7 Å². The first-order valence-corrected chi connectivity index (χ1v) is 7.05. The zero-order chi connectivity index (χ0) is 17.7. The number of nitrogens with one attached hydrogen (secondary N) is 2. The second-order valence-electron chi connectivity index (χ2n) is 4.90. The van der Waals surface area contributed by atoms with Crippen LogP contribution in [0.4, 0.5) is 15.8 Å². The normalized spacial score (nSPS) is 10.0. The largest absolute Gasteiger partial charge is 0.497 e. The highest BCUT2D eigenvalue weighted by atomic mass is 19.1. The fourth-order valence-electron chi connectivity index (χ4n) is 2.07. The van der Waals surface area contributed by atoms with Crippen molar-refractivity contribution in [1.82, 2.24) is 0 Å². The van der Waals surface area contributed by atoms with Crippen molar-refractivity contribution in [3.05, 3.63) is 47.8 Å². The summed E-state index contributed by atoms with van der Waals surface area (Å²) in [6, 6.07) is 8.67. The number of amides is 2. The predicted octanol–water partition coefficient (Wildman–Crippen LogP) is 3.05. The number of carbonyl (C=O) groups is 2. The van der Waals surface area contributed by atoms with Gasteiger partial charge in [0.25, 0.3) is 5.91 Å². The number of anilines is 2. The van der Waals surface area contributed by atoms with Gasteiger partial charge in [-0.05, 0) is 30.3 Å². The Hall–Kier alpha value is -3.09. The zero-order valence-electron chi connectivity index (χ0n) is 13.5. The second kappa shape index (κ2) is 7.45. The number of benzene rings is 2. The molecule has 0 aliphatic heterocycles. The minimum absolute atomic E-state index is 0.0120. The van der Waals surface area contributed by atoms with Gasteiger partial charge in [0.15, 0.2) is 0 Å². The Morgan fingerprint density at radius 2 is 1.75 bits per heavy atom. The molecule has 6 nitrogen and oxygen atoms in total. The number of hydrogen-bond donors (Lipinski definition) is 2.